The zero-order valence-corrected chi connectivity index (χ0v) is 11.6. The minimum Gasteiger partial charge on any atom is -0.773 e. The average Bonchev–Trinajstić information content (AvgIpc) is 2.18. The molecule has 0 aromatic rings. The average molecular weight is 228 g/mol. The van der Waals surface area contributed by atoms with Crippen molar-refractivity contribution in [2.24, 2.45) is 5.92 Å². The maximum Gasteiger partial charge on any atom is 1.00 e. The molecule has 0 aromatic carbocycles. The molecule has 1 aliphatic rings. The number of hydrogen-bond acceptors (Lipinski definition) is 4. The van der Waals surface area contributed by atoms with Gasteiger partial charge in [-0.05, 0) is 12.8 Å². The first-order chi connectivity index (χ1) is 6.08. The molecule has 1 fully saturated rings. The van der Waals surface area contributed by atoms with Gasteiger partial charge in [0.2, 0.25) is 13.1 Å². The van der Waals surface area contributed by atoms with Gasteiger partial charge in [0.15, 0.2) is 0 Å². The van der Waals surface area contributed by atoms with Crippen molar-refractivity contribution in [2.75, 3.05) is 7.11 Å². The second-order valence-corrected chi connectivity index (χ2v) is 5.15. The van der Waals surface area contributed by atoms with E-state index in [1.165, 1.54) is 0 Å². The van der Waals surface area contributed by atoms with Crippen molar-refractivity contribution >= 4 is 13.1 Å². The van der Waals surface area contributed by atoms with Gasteiger partial charge in [0.1, 0.15) is 0 Å². The summed E-state index contributed by atoms with van der Waals surface area (Å²) >= 11 is 0. The maximum absolute atomic E-state index is 11.4. The molecule has 0 aliphatic heterocycles. The van der Waals surface area contributed by atoms with Crippen LogP contribution in [0.3, 0.4) is 0 Å². The molecule has 4 nitrogen and oxygen atoms in total. The molecule has 1 atom stereocenters. The Morgan fingerprint density at radius 1 is 1.36 bits per heavy atom. The molecule has 0 bridgehead atoms. The van der Waals surface area contributed by atoms with Crippen molar-refractivity contribution in [3.8, 4) is 0 Å². The zero-order chi connectivity index (χ0) is 9.90. The van der Waals surface area contributed by atoms with E-state index in [4.69, 9.17) is 0 Å². The van der Waals surface area contributed by atoms with Gasteiger partial charge in [-0.3, -0.25) is 4.79 Å². The van der Waals surface area contributed by atoms with Gasteiger partial charge in [-0.1, -0.05) is 19.3 Å². The second-order valence-electron chi connectivity index (χ2n) is 3.35. The molecule has 1 saturated carbocycles. The van der Waals surface area contributed by atoms with Crippen LogP contribution in [0.2, 0.25) is 0 Å². The molecule has 1 rings (SSSR count). The summed E-state index contributed by atoms with van der Waals surface area (Å²) in [7, 11) is -3.19. The number of carbonyl (C=O) groups excluding carboxylic acids is 1. The van der Waals surface area contributed by atoms with Crippen molar-refractivity contribution in [2.45, 2.75) is 32.1 Å². The van der Waals surface area contributed by atoms with Crippen LogP contribution in [0.15, 0.2) is 0 Å². The van der Waals surface area contributed by atoms with Crippen LogP contribution >= 0.6 is 7.60 Å². The van der Waals surface area contributed by atoms with Gasteiger partial charge >= 0.3 is 29.6 Å². The monoisotopic (exact) mass is 228 g/mol. The van der Waals surface area contributed by atoms with Crippen LogP contribution in [0.1, 0.15) is 32.1 Å². The van der Waals surface area contributed by atoms with Crippen LogP contribution < -0.4 is 34.5 Å². The third-order valence-electron chi connectivity index (χ3n) is 2.46. The van der Waals surface area contributed by atoms with E-state index in [-0.39, 0.29) is 35.5 Å². The first kappa shape index (κ1) is 14.8. The van der Waals surface area contributed by atoms with E-state index in [2.05, 4.69) is 4.52 Å². The van der Waals surface area contributed by atoms with Crippen molar-refractivity contribution in [3.63, 3.8) is 0 Å². The van der Waals surface area contributed by atoms with Crippen LogP contribution in [-0.2, 0) is 13.9 Å². The van der Waals surface area contributed by atoms with E-state index in [1.807, 2.05) is 0 Å². The summed E-state index contributed by atoms with van der Waals surface area (Å²) < 4.78 is 15.3. The molecule has 0 radical (unpaired) electrons. The Morgan fingerprint density at radius 3 is 2.29 bits per heavy atom. The first-order valence-electron chi connectivity index (χ1n) is 4.49. The summed E-state index contributed by atoms with van der Waals surface area (Å²) in [6, 6.07) is 0. The minimum atomic E-state index is -4.22. The predicted molar refractivity (Wildman–Crippen MR) is 46.2 cm³/mol. The second kappa shape index (κ2) is 6.41. The molecule has 0 amide bonds. The Kier molecular flexibility index (Phi) is 6.79. The van der Waals surface area contributed by atoms with Crippen LogP contribution in [0.25, 0.3) is 0 Å². The summed E-state index contributed by atoms with van der Waals surface area (Å²) in [6.07, 6.45) is 4.36. The van der Waals surface area contributed by atoms with Gasteiger partial charge in [-0.25, -0.2) is 0 Å². The smallest absolute Gasteiger partial charge is 0.773 e. The van der Waals surface area contributed by atoms with E-state index in [0.29, 0.717) is 12.8 Å². The zero-order valence-electron chi connectivity index (χ0n) is 8.69. The van der Waals surface area contributed by atoms with Crippen LogP contribution in [0.5, 0.6) is 0 Å². The molecule has 0 saturated heterocycles. The van der Waals surface area contributed by atoms with E-state index >= 15 is 0 Å². The minimum absolute atomic E-state index is 0. The molecule has 0 aromatic heterocycles. The van der Waals surface area contributed by atoms with E-state index < -0.39 is 13.1 Å². The van der Waals surface area contributed by atoms with Gasteiger partial charge < -0.3 is 14.0 Å². The summed E-state index contributed by atoms with van der Waals surface area (Å²) in [4.78, 5) is 22.4. The van der Waals surface area contributed by atoms with Gasteiger partial charge in [0, 0.05) is 13.0 Å². The SMILES string of the molecule is COP(=O)([O-])C(=O)C1CCCCC1.[Na+]. The third-order valence-corrected chi connectivity index (χ3v) is 3.85. The van der Waals surface area contributed by atoms with E-state index in [1.54, 1.807) is 0 Å². The normalized spacial score (nSPS) is 22.1. The van der Waals surface area contributed by atoms with Gasteiger partial charge in [0.05, 0.1) is 0 Å². The number of carbonyl (C=O) groups is 1. The Bertz CT molecular complexity index is 237. The van der Waals surface area contributed by atoms with E-state index in [9.17, 15) is 14.3 Å². The van der Waals surface area contributed by atoms with Crippen molar-refractivity contribution < 1.29 is 48.3 Å². The van der Waals surface area contributed by atoms with Crippen LogP contribution in [0.4, 0.5) is 0 Å². The molecule has 0 heterocycles. The fourth-order valence-electron chi connectivity index (χ4n) is 1.66. The Labute approximate surface area is 106 Å². The molecule has 0 spiro atoms. The van der Waals surface area contributed by atoms with Crippen LogP contribution in [-0.4, -0.2) is 12.6 Å². The van der Waals surface area contributed by atoms with Crippen LogP contribution in [0, 0.1) is 5.92 Å². The summed E-state index contributed by atoms with van der Waals surface area (Å²) in [5, 5.41) is 0. The maximum atomic E-state index is 11.4. The van der Waals surface area contributed by atoms with Gasteiger partial charge in [-0.15, -0.1) is 0 Å². The van der Waals surface area contributed by atoms with Gasteiger partial charge in [0.25, 0.3) is 0 Å². The Morgan fingerprint density at radius 2 is 1.86 bits per heavy atom. The molecule has 1 aliphatic carbocycles. The standard InChI is InChI=1S/C8H15O4P.Na/c1-12-13(10,11)8(9)7-5-3-2-4-6-7;/h7H,2-6H2,1H3,(H,10,11);/q;+1/p-1. The Balaban J connectivity index is 0.00000169. The molecule has 0 N–H and O–H groups in total. The number of hydrogen-bond donors (Lipinski definition) is 0. The summed E-state index contributed by atoms with van der Waals surface area (Å²) in [6.45, 7) is 0. The quantitative estimate of drug-likeness (QED) is 0.426. The Hall–Kier alpha value is 0.820. The van der Waals surface area contributed by atoms with Crippen molar-refractivity contribution in [3.05, 3.63) is 0 Å². The van der Waals surface area contributed by atoms with Crippen molar-refractivity contribution in [1.82, 2.24) is 0 Å². The fourth-order valence-corrected chi connectivity index (χ4v) is 2.55. The largest absolute Gasteiger partial charge is 1.00 e. The topological polar surface area (TPSA) is 66.4 Å². The molecule has 1 unspecified atom stereocenters. The molecular weight excluding hydrogens is 214 g/mol. The fraction of sp³-hybridized carbons (Fsp3) is 0.875. The summed E-state index contributed by atoms with van der Waals surface area (Å²) in [5.41, 5.74) is -0.713. The first-order valence-corrected chi connectivity index (χ1v) is 6.03. The molecule has 76 valence electrons. The predicted octanol–water partition coefficient (Wildman–Crippen LogP) is -1.70. The summed E-state index contributed by atoms with van der Waals surface area (Å²) in [5.74, 6) is -0.322. The molecular formula is C8H14NaO4P. The molecule has 6 heteroatoms. The van der Waals surface area contributed by atoms with E-state index in [0.717, 1.165) is 26.4 Å². The van der Waals surface area contributed by atoms with Gasteiger partial charge in [-0.2, -0.15) is 0 Å². The number of rotatable bonds is 3. The third kappa shape index (κ3) is 3.76. The molecule has 14 heavy (non-hydrogen) atoms. The van der Waals surface area contributed by atoms with Crippen molar-refractivity contribution in [1.29, 1.82) is 0 Å².